The first-order valence-corrected chi connectivity index (χ1v) is 25.2. The second-order valence-corrected chi connectivity index (χ2v) is 20.7. The highest BCUT2D eigenvalue weighted by Crippen LogP contribution is 2.65. The van der Waals surface area contributed by atoms with Gasteiger partial charge in [-0.05, 0) is 67.7 Å². The van der Waals surface area contributed by atoms with Crippen LogP contribution in [0.2, 0.25) is 0 Å². The molecule has 2 saturated carbocycles. The summed E-state index contributed by atoms with van der Waals surface area (Å²) in [7, 11) is 0. The van der Waals surface area contributed by atoms with Crippen molar-refractivity contribution in [2.24, 2.45) is 16.7 Å². The zero-order valence-corrected chi connectivity index (χ0v) is 43.0. The Bertz CT molecular complexity index is 2790. The zero-order chi connectivity index (χ0) is 54.9. The zero-order valence-electron chi connectivity index (χ0n) is 43.0. The van der Waals surface area contributed by atoms with Crippen LogP contribution in [0.4, 0.5) is 0 Å². The molecule has 2 aliphatic heterocycles. The molecule has 3 aromatic rings. The number of carbonyl (C=O) groups excluding carboxylic acids is 9. The van der Waals surface area contributed by atoms with Gasteiger partial charge in [0.25, 0.3) is 17.7 Å². The van der Waals surface area contributed by atoms with Gasteiger partial charge in [-0.2, -0.15) is 0 Å². The molecule has 0 spiro atoms. The summed E-state index contributed by atoms with van der Waals surface area (Å²) in [5, 5.41) is 29.2. The number of Topliss-reactive ketones (excluding diaryl/α,β-unsaturated/α-hetero) is 1. The number of amides is 3. The van der Waals surface area contributed by atoms with Gasteiger partial charge in [0.2, 0.25) is 0 Å². The maximum absolute atomic E-state index is 16.2. The molecule has 4 fully saturated rings. The van der Waals surface area contributed by atoms with Crippen LogP contribution in [-0.2, 0) is 66.8 Å². The number of imide groups is 1. The molecule has 5 aliphatic rings. The maximum atomic E-state index is 16.2. The van der Waals surface area contributed by atoms with E-state index in [1.54, 1.807) is 92.7 Å². The molecule has 3 aromatic carbocycles. The number of ether oxygens (including phenoxy) is 6. The predicted octanol–water partition coefficient (Wildman–Crippen LogP) is 4.54. The van der Waals surface area contributed by atoms with Gasteiger partial charge in [-0.1, -0.05) is 80.6 Å². The Balaban J connectivity index is 1.22. The van der Waals surface area contributed by atoms with Crippen molar-refractivity contribution in [2.75, 3.05) is 13.2 Å². The third-order valence-electron chi connectivity index (χ3n) is 15.7. The number of hydrogen-bond acceptors (Lipinski definition) is 18. The Hall–Kier alpha value is -7.13. The summed E-state index contributed by atoms with van der Waals surface area (Å²) in [5.74, 6) is -9.06. The van der Waals surface area contributed by atoms with Crippen LogP contribution in [0.25, 0.3) is 0 Å². The summed E-state index contributed by atoms with van der Waals surface area (Å²) >= 11 is 0. The van der Waals surface area contributed by atoms with Crippen LogP contribution in [0.3, 0.4) is 0 Å². The molecular weight excluding hydrogens is 989 g/mol. The van der Waals surface area contributed by atoms with Crippen molar-refractivity contribution < 1.29 is 86.6 Å². The fraction of sp³-hybridized carbons (Fsp3) is 0.482. The SMILES string of the molecule is CC(=O)OC1C(=O)[C@@]2(C)C([C@H](OC(=O)c3ccccc3)[C@]3(O)C[C@H](OC(=O)[C@H](O)[C@@H](NC(=O)c4ccccc4)c4ccccc4)C(C)=C1C3(C)C)[C@]1(OC(C)=O)COC1C[C@@H]2OCCCCC(=O)ON1C(=O)CCC1=O. The van der Waals surface area contributed by atoms with Crippen LogP contribution in [-0.4, -0.2) is 130 Å². The molecule has 8 rings (SSSR count). The number of unbranched alkanes of at least 4 members (excludes halogenated alkanes) is 1. The largest absolute Gasteiger partial charge is 0.456 e. The predicted molar refractivity (Wildman–Crippen MR) is 262 cm³/mol. The van der Waals surface area contributed by atoms with E-state index in [2.05, 4.69) is 5.32 Å². The molecule has 0 radical (unpaired) electrons. The molecule has 2 heterocycles. The number of hydrogen-bond donors (Lipinski definition) is 3. The number of benzene rings is 3. The van der Waals surface area contributed by atoms with E-state index in [1.807, 2.05) is 0 Å². The fourth-order valence-electron chi connectivity index (χ4n) is 11.8. The lowest BCUT2D eigenvalue weighted by Crippen LogP contribution is -2.82. The lowest BCUT2D eigenvalue weighted by Gasteiger charge is -2.67. The summed E-state index contributed by atoms with van der Waals surface area (Å²) in [5.41, 5.74) is -7.29. The van der Waals surface area contributed by atoms with Crippen molar-refractivity contribution in [1.29, 1.82) is 0 Å². The number of carbonyl (C=O) groups is 9. The van der Waals surface area contributed by atoms with Crippen LogP contribution in [0, 0.1) is 16.7 Å². The molecule has 0 aromatic heterocycles. The van der Waals surface area contributed by atoms with Crippen molar-refractivity contribution in [3.63, 3.8) is 0 Å². The summed E-state index contributed by atoms with van der Waals surface area (Å²) in [6.45, 7) is 7.90. The normalized spacial score (nSPS) is 29.2. The number of nitrogens with one attached hydrogen (secondary N) is 1. The van der Waals surface area contributed by atoms with Gasteiger partial charge in [0.15, 0.2) is 23.6 Å². The molecule has 3 unspecified atom stereocenters. The van der Waals surface area contributed by atoms with E-state index in [0.29, 0.717) is 10.6 Å². The smallest absolute Gasteiger partial charge is 0.338 e. The van der Waals surface area contributed by atoms with Crippen molar-refractivity contribution in [3.05, 3.63) is 119 Å². The molecule has 11 atom stereocenters. The van der Waals surface area contributed by atoms with E-state index in [9.17, 15) is 48.6 Å². The van der Waals surface area contributed by atoms with Crippen LogP contribution in [0.1, 0.15) is 119 Å². The molecule has 3 N–H and O–H groups in total. The van der Waals surface area contributed by atoms with Gasteiger partial charge in [0.1, 0.15) is 23.9 Å². The number of esters is 4. The highest BCUT2D eigenvalue weighted by Gasteiger charge is 2.78. The Morgan fingerprint density at radius 3 is 1.99 bits per heavy atom. The summed E-state index contributed by atoms with van der Waals surface area (Å²) in [4.78, 5) is 128. The third-order valence-corrected chi connectivity index (χ3v) is 15.7. The van der Waals surface area contributed by atoms with Crippen LogP contribution < -0.4 is 5.32 Å². The van der Waals surface area contributed by atoms with Crippen LogP contribution in [0.5, 0.6) is 0 Å². The van der Waals surface area contributed by atoms with Gasteiger partial charge in [-0.3, -0.25) is 28.8 Å². The third kappa shape index (κ3) is 10.2. The van der Waals surface area contributed by atoms with Crippen molar-refractivity contribution >= 4 is 53.4 Å². The molecule has 2 bridgehead atoms. The Labute approximate surface area is 438 Å². The highest BCUT2D eigenvalue weighted by atomic mass is 16.7. The summed E-state index contributed by atoms with van der Waals surface area (Å²) in [6.07, 6.45) is -10.4. The second-order valence-electron chi connectivity index (χ2n) is 20.7. The Morgan fingerprint density at radius 2 is 1.41 bits per heavy atom. The lowest BCUT2D eigenvalue weighted by atomic mass is 9.44. The summed E-state index contributed by atoms with van der Waals surface area (Å²) in [6, 6.07) is 22.8. The van der Waals surface area contributed by atoms with Gasteiger partial charge in [-0.15, -0.1) is 5.06 Å². The van der Waals surface area contributed by atoms with Crippen LogP contribution in [0.15, 0.2) is 102 Å². The molecule has 20 nitrogen and oxygen atoms in total. The van der Waals surface area contributed by atoms with Gasteiger partial charge in [0.05, 0.1) is 35.6 Å². The topological polar surface area (TPSA) is 274 Å². The monoisotopic (exact) mass is 1050 g/mol. The molecule has 76 heavy (non-hydrogen) atoms. The van der Waals surface area contributed by atoms with Crippen molar-refractivity contribution in [2.45, 2.75) is 140 Å². The van der Waals surface area contributed by atoms with Gasteiger partial charge in [-0.25, -0.2) is 14.4 Å². The number of fused-ring (bicyclic) bond motifs is 5. The van der Waals surface area contributed by atoms with Gasteiger partial charge >= 0.3 is 29.8 Å². The maximum Gasteiger partial charge on any atom is 0.338 e. The minimum Gasteiger partial charge on any atom is -0.456 e. The second kappa shape index (κ2) is 21.8. The Morgan fingerprint density at radius 1 is 0.803 bits per heavy atom. The van der Waals surface area contributed by atoms with Crippen molar-refractivity contribution in [1.82, 2.24) is 10.4 Å². The molecule has 20 heteroatoms. The van der Waals surface area contributed by atoms with Crippen LogP contribution >= 0.6 is 0 Å². The van der Waals surface area contributed by atoms with Gasteiger partial charge in [0, 0.05) is 63.5 Å². The number of aliphatic hydroxyl groups excluding tert-OH is 1. The first-order valence-electron chi connectivity index (χ1n) is 25.2. The van der Waals surface area contributed by atoms with E-state index in [-0.39, 0.29) is 74.0 Å². The summed E-state index contributed by atoms with van der Waals surface area (Å²) < 4.78 is 37.8. The van der Waals surface area contributed by atoms with E-state index in [0.717, 1.165) is 13.8 Å². The molecule has 404 valence electrons. The standard InChI is InChI=1S/C56H62N2O18/c1-31-37(73-52(68)45(64)44(34-18-10-7-11-19-34)57-50(66)35-20-12-8-13-21-35)29-56(69)49(74-51(67)36-22-14-9-15-23-36)47-54(6,48(65)46(72-32(2)59)43(31)53(56,4)5)38(28-39-55(47,30-71-39)75-33(3)60)70-27-17-16-24-42(63)76-58-40(61)25-26-41(58)62/h7-15,18-23,37-39,44-47,49,64,69H,16-17,24-30H2,1-6H3,(H,57,66)/t37-,38-,39?,44-,45+,46?,47?,49-,54+,55-,56+/m0/s1. The number of ketones is 1. The van der Waals surface area contributed by atoms with E-state index in [4.69, 9.17) is 33.3 Å². The number of rotatable bonds is 17. The minimum absolute atomic E-state index is 0.0214. The molecule has 2 saturated heterocycles. The minimum atomic E-state index is -2.46. The first kappa shape index (κ1) is 55.1. The number of nitrogens with zero attached hydrogens (tertiary/aromatic N) is 1. The molecular formula is C56H62N2O18. The average Bonchev–Trinajstić information content (AvgIpc) is 3.70. The van der Waals surface area contributed by atoms with E-state index < -0.39 is 130 Å². The van der Waals surface area contributed by atoms with Crippen molar-refractivity contribution in [3.8, 4) is 0 Å². The Kier molecular flexibility index (Phi) is 15.8. The first-order chi connectivity index (χ1) is 36.0. The fourth-order valence-corrected chi connectivity index (χ4v) is 11.8. The quantitative estimate of drug-likeness (QED) is 0.0550. The molecule has 3 amide bonds. The number of hydroxylamine groups is 2. The van der Waals surface area contributed by atoms with Gasteiger partial charge < -0.3 is 48.8 Å². The molecule has 3 aliphatic carbocycles. The van der Waals surface area contributed by atoms with E-state index >= 15 is 4.79 Å². The van der Waals surface area contributed by atoms with E-state index in [1.165, 1.54) is 26.0 Å². The average molecular weight is 1050 g/mol. The number of aliphatic hydroxyl groups is 2. The lowest BCUT2D eigenvalue weighted by molar-refractivity contribution is -0.348. The highest BCUT2D eigenvalue weighted by molar-refractivity contribution is 6.01.